The molecule has 7 heteroatoms. The van der Waals surface area contributed by atoms with Crippen molar-refractivity contribution in [1.29, 1.82) is 0 Å². The summed E-state index contributed by atoms with van der Waals surface area (Å²) < 4.78 is 0. The number of carbonyl (C=O) groups is 3. The van der Waals surface area contributed by atoms with E-state index in [4.69, 9.17) is 0 Å². The first-order valence-electron chi connectivity index (χ1n) is 7.34. The van der Waals surface area contributed by atoms with Gasteiger partial charge >= 0.3 is 6.03 Å². The molecule has 1 aromatic heterocycles. The highest BCUT2D eigenvalue weighted by molar-refractivity contribution is 6.05. The van der Waals surface area contributed by atoms with Crippen molar-refractivity contribution in [3.8, 4) is 0 Å². The van der Waals surface area contributed by atoms with E-state index in [1.54, 1.807) is 0 Å². The van der Waals surface area contributed by atoms with E-state index in [-0.39, 0.29) is 12.3 Å². The zero-order valence-corrected chi connectivity index (χ0v) is 12.3. The maximum atomic E-state index is 11.8. The highest BCUT2D eigenvalue weighted by atomic mass is 16.2. The minimum absolute atomic E-state index is 0.0667. The van der Waals surface area contributed by atoms with Crippen LogP contribution in [0.4, 0.5) is 4.79 Å². The van der Waals surface area contributed by atoms with E-state index in [0.29, 0.717) is 13.0 Å². The summed E-state index contributed by atoms with van der Waals surface area (Å²) in [6.07, 6.45) is 0.530. The van der Waals surface area contributed by atoms with Gasteiger partial charge in [0.1, 0.15) is 6.04 Å². The lowest BCUT2D eigenvalue weighted by Crippen LogP contribution is -2.36. The fourth-order valence-electron chi connectivity index (χ4n) is 2.44. The van der Waals surface area contributed by atoms with E-state index in [1.807, 2.05) is 36.4 Å². The Hall–Kier alpha value is -2.96. The second-order valence-corrected chi connectivity index (χ2v) is 5.31. The van der Waals surface area contributed by atoms with Crippen LogP contribution in [-0.2, 0) is 16.0 Å². The molecule has 1 aliphatic rings. The van der Waals surface area contributed by atoms with Gasteiger partial charge in [0.15, 0.2) is 0 Å². The number of para-hydroxylation sites is 1. The van der Waals surface area contributed by atoms with Gasteiger partial charge in [-0.2, -0.15) is 0 Å². The molecular formula is C16H16N4O3. The highest BCUT2D eigenvalue weighted by Crippen LogP contribution is 2.11. The Labute approximate surface area is 132 Å². The van der Waals surface area contributed by atoms with Crippen LogP contribution in [0, 0.1) is 0 Å². The van der Waals surface area contributed by atoms with Gasteiger partial charge in [-0.1, -0.05) is 24.3 Å². The molecule has 118 valence electrons. The third kappa shape index (κ3) is 3.63. The lowest BCUT2D eigenvalue weighted by Gasteiger charge is -2.08. The Bertz CT molecular complexity index is 775. The van der Waals surface area contributed by atoms with Gasteiger partial charge < -0.3 is 10.6 Å². The van der Waals surface area contributed by atoms with Crippen LogP contribution in [0.25, 0.3) is 10.9 Å². The summed E-state index contributed by atoms with van der Waals surface area (Å²) in [7, 11) is 0. The van der Waals surface area contributed by atoms with Crippen molar-refractivity contribution in [2.45, 2.75) is 18.9 Å². The minimum Gasteiger partial charge on any atom is -0.356 e. The van der Waals surface area contributed by atoms with Crippen molar-refractivity contribution in [2.75, 3.05) is 6.54 Å². The average Bonchev–Trinajstić information content (AvgIpc) is 2.84. The predicted molar refractivity (Wildman–Crippen MR) is 83.5 cm³/mol. The Morgan fingerprint density at radius 2 is 2.00 bits per heavy atom. The second-order valence-electron chi connectivity index (χ2n) is 5.31. The smallest absolute Gasteiger partial charge is 0.322 e. The van der Waals surface area contributed by atoms with Crippen LogP contribution in [0.2, 0.25) is 0 Å². The number of pyridine rings is 1. The Kier molecular flexibility index (Phi) is 4.18. The first-order chi connectivity index (χ1) is 11.1. The van der Waals surface area contributed by atoms with Crippen molar-refractivity contribution in [3.05, 3.63) is 42.1 Å². The van der Waals surface area contributed by atoms with Crippen LogP contribution < -0.4 is 16.0 Å². The lowest BCUT2D eigenvalue weighted by atomic mass is 10.1. The standard InChI is InChI=1S/C16H16N4O3/c21-14(9-13-15(22)20-16(23)19-13)17-8-7-11-6-5-10-3-1-2-4-12(10)18-11/h1-6,13H,7-9H2,(H,17,21)(H2,19,20,22,23)/t13-/m1/s1. The van der Waals surface area contributed by atoms with Gasteiger partial charge in [-0.15, -0.1) is 0 Å². The number of nitrogens with one attached hydrogen (secondary N) is 3. The molecule has 1 fully saturated rings. The first-order valence-corrected chi connectivity index (χ1v) is 7.34. The third-order valence-electron chi connectivity index (χ3n) is 3.61. The average molecular weight is 312 g/mol. The summed E-state index contributed by atoms with van der Waals surface area (Å²) in [5.74, 6) is -0.755. The molecule has 2 aromatic rings. The molecule has 1 aliphatic heterocycles. The van der Waals surface area contributed by atoms with Crippen LogP contribution in [0.5, 0.6) is 0 Å². The molecule has 23 heavy (non-hydrogen) atoms. The molecule has 7 nitrogen and oxygen atoms in total. The van der Waals surface area contributed by atoms with Gasteiger partial charge in [-0.3, -0.25) is 19.9 Å². The van der Waals surface area contributed by atoms with E-state index in [2.05, 4.69) is 20.9 Å². The van der Waals surface area contributed by atoms with Crippen LogP contribution >= 0.6 is 0 Å². The maximum absolute atomic E-state index is 11.8. The van der Waals surface area contributed by atoms with Crippen LogP contribution in [-0.4, -0.2) is 35.4 Å². The van der Waals surface area contributed by atoms with Gasteiger partial charge in [0.25, 0.3) is 5.91 Å². The van der Waals surface area contributed by atoms with Crippen LogP contribution in [0.3, 0.4) is 0 Å². The van der Waals surface area contributed by atoms with Crippen molar-refractivity contribution in [3.63, 3.8) is 0 Å². The maximum Gasteiger partial charge on any atom is 0.322 e. The molecule has 0 aliphatic carbocycles. The largest absolute Gasteiger partial charge is 0.356 e. The number of hydrogen-bond donors (Lipinski definition) is 3. The van der Waals surface area contributed by atoms with Crippen molar-refractivity contribution < 1.29 is 14.4 Å². The number of carbonyl (C=O) groups excluding carboxylic acids is 3. The number of nitrogens with zero attached hydrogens (tertiary/aromatic N) is 1. The molecule has 0 bridgehead atoms. The van der Waals surface area contributed by atoms with Gasteiger partial charge in [-0.05, 0) is 12.1 Å². The summed E-state index contributed by atoms with van der Waals surface area (Å²) in [4.78, 5) is 38.6. The van der Waals surface area contributed by atoms with E-state index >= 15 is 0 Å². The summed E-state index contributed by atoms with van der Waals surface area (Å²) in [5.41, 5.74) is 1.80. The van der Waals surface area contributed by atoms with Crippen LogP contribution in [0.15, 0.2) is 36.4 Å². The molecule has 0 spiro atoms. The molecule has 0 radical (unpaired) electrons. The Balaban J connectivity index is 1.49. The number of fused-ring (bicyclic) bond motifs is 1. The first kappa shape index (κ1) is 15.0. The third-order valence-corrected chi connectivity index (χ3v) is 3.61. The minimum atomic E-state index is -0.790. The van der Waals surface area contributed by atoms with Gasteiger partial charge in [0.2, 0.25) is 5.91 Å². The molecule has 0 saturated carbocycles. The highest BCUT2D eigenvalue weighted by Gasteiger charge is 2.30. The fraction of sp³-hybridized carbons (Fsp3) is 0.250. The summed E-state index contributed by atoms with van der Waals surface area (Å²) in [5, 5.41) is 8.29. The van der Waals surface area contributed by atoms with E-state index in [1.165, 1.54) is 0 Å². The molecule has 0 unspecified atom stereocenters. The van der Waals surface area contributed by atoms with E-state index in [9.17, 15) is 14.4 Å². The molecule has 1 atom stereocenters. The monoisotopic (exact) mass is 312 g/mol. The summed E-state index contributed by atoms with van der Waals surface area (Å²) in [6, 6.07) is 10.4. The number of aromatic nitrogens is 1. The van der Waals surface area contributed by atoms with Gasteiger partial charge in [0.05, 0.1) is 11.9 Å². The number of benzene rings is 1. The number of hydrogen-bond acceptors (Lipinski definition) is 4. The fourth-order valence-corrected chi connectivity index (χ4v) is 2.44. The van der Waals surface area contributed by atoms with Crippen molar-refractivity contribution >= 4 is 28.7 Å². The molecule has 1 aromatic carbocycles. The number of rotatable bonds is 5. The topological polar surface area (TPSA) is 100 Å². The zero-order chi connectivity index (χ0) is 16.2. The summed E-state index contributed by atoms with van der Waals surface area (Å²) in [6.45, 7) is 0.423. The van der Waals surface area contributed by atoms with E-state index < -0.39 is 18.0 Å². The second kappa shape index (κ2) is 6.43. The molecule has 4 amide bonds. The lowest BCUT2D eigenvalue weighted by molar-refractivity contribution is -0.126. The number of imide groups is 1. The molecular weight excluding hydrogens is 296 g/mol. The molecule has 3 N–H and O–H groups in total. The number of amides is 4. The molecule has 3 rings (SSSR count). The molecule has 1 saturated heterocycles. The van der Waals surface area contributed by atoms with E-state index in [0.717, 1.165) is 16.6 Å². The molecule has 2 heterocycles. The van der Waals surface area contributed by atoms with Crippen LogP contribution in [0.1, 0.15) is 12.1 Å². The van der Waals surface area contributed by atoms with Gasteiger partial charge in [0, 0.05) is 24.0 Å². The quantitative estimate of drug-likeness (QED) is 0.700. The Morgan fingerprint density at radius 3 is 2.78 bits per heavy atom. The SMILES string of the molecule is O=C(C[C@H]1NC(=O)NC1=O)NCCc1ccc2ccccc2n1. The van der Waals surface area contributed by atoms with Crippen molar-refractivity contribution in [1.82, 2.24) is 20.9 Å². The summed E-state index contributed by atoms with van der Waals surface area (Å²) >= 11 is 0. The number of urea groups is 1. The van der Waals surface area contributed by atoms with Crippen molar-refractivity contribution in [2.24, 2.45) is 0 Å². The normalized spacial score (nSPS) is 17.0. The van der Waals surface area contributed by atoms with Gasteiger partial charge in [-0.25, -0.2) is 4.79 Å². The zero-order valence-electron chi connectivity index (χ0n) is 12.3. The Morgan fingerprint density at radius 1 is 1.17 bits per heavy atom. The predicted octanol–water partition coefficient (Wildman–Crippen LogP) is 0.492.